The van der Waals surface area contributed by atoms with Crippen LogP contribution in [-0.2, 0) is 0 Å². The third kappa shape index (κ3) is 0.995. The van der Waals surface area contributed by atoms with Gasteiger partial charge in [0.15, 0.2) is 0 Å². The highest BCUT2D eigenvalue weighted by atomic mass is 16.3. The monoisotopic (exact) mass is 107 g/mol. The highest BCUT2D eigenvalue weighted by Gasteiger charge is 1.83. The smallest absolute Gasteiger partial charge is 0.210 e. The van der Waals surface area contributed by atoms with Crippen molar-refractivity contribution >= 4 is 13.3 Å². The first-order chi connectivity index (χ1) is 3.79. The van der Waals surface area contributed by atoms with Crippen molar-refractivity contribution in [2.45, 2.75) is 0 Å². The van der Waals surface area contributed by atoms with Crippen LogP contribution >= 0.6 is 0 Å². The van der Waals surface area contributed by atoms with Crippen LogP contribution in [0.1, 0.15) is 0 Å². The zero-order chi connectivity index (χ0) is 5.98. The fraction of sp³-hybridized carbons (Fsp3) is 0. The molecule has 1 heterocycles. The van der Waals surface area contributed by atoms with Crippen LogP contribution < -0.4 is 5.46 Å². The van der Waals surface area contributed by atoms with Gasteiger partial charge in [-0.15, -0.1) is 0 Å². The molecule has 40 valence electrons. The number of aromatic hydroxyl groups is 1. The van der Waals surface area contributed by atoms with E-state index >= 15 is 0 Å². The van der Waals surface area contributed by atoms with Gasteiger partial charge < -0.3 is 5.11 Å². The van der Waals surface area contributed by atoms with E-state index in [-0.39, 0.29) is 5.88 Å². The summed E-state index contributed by atoms with van der Waals surface area (Å²) in [5.41, 5.74) is 1.06. The largest absolute Gasteiger partial charge is 0.493 e. The highest BCUT2D eigenvalue weighted by Crippen LogP contribution is 1.95. The predicted octanol–water partition coefficient (Wildman–Crippen LogP) is -0.954. The number of nitrogens with zero attached hydrogens (tertiary/aromatic N) is 1. The van der Waals surface area contributed by atoms with Gasteiger partial charge in [-0.3, -0.25) is 0 Å². The van der Waals surface area contributed by atoms with Crippen LogP contribution in [0.3, 0.4) is 0 Å². The van der Waals surface area contributed by atoms with Crippen molar-refractivity contribution in [2.75, 3.05) is 0 Å². The lowest BCUT2D eigenvalue weighted by molar-refractivity contribution is 0.454. The molecule has 0 aliphatic rings. The Kier molecular flexibility index (Phi) is 1.20. The van der Waals surface area contributed by atoms with Gasteiger partial charge in [0.25, 0.3) is 0 Å². The summed E-state index contributed by atoms with van der Waals surface area (Å²) < 4.78 is 0. The van der Waals surface area contributed by atoms with Crippen LogP contribution in [0.15, 0.2) is 18.3 Å². The normalized spacial score (nSPS) is 9.00. The first-order valence-corrected chi connectivity index (χ1v) is 2.40. The SMILES string of the molecule is Bc1ccc(O)nc1. The molecule has 0 aliphatic carbocycles. The fourth-order valence-electron chi connectivity index (χ4n) is 0.460. The Hall–Kier alpha value is -0.985. The number of rotatable bonds is 0. The van der Waals surface area contributed by atoms with Crippen molar-refractivity contribution in [3.63, 3.8) is 0 Å². The van der Waals surface area contributed by atoms with Crippen molar-refractivity contribution in [1.29, 1.82) is 0 Å². The predicted molar refractivity (Wildman–Crippen MR) is 34.1 cm³/mol. The maximum atomic E-state index is 8.65. The van der Waals surface area contributed by atoms with Crippen molar-refractivity contribution < 1.29 is 5.11 Å². The van der Waals surface area contributed by atoms with Crippen LogP contribution in [0, 0.1) is 0 Å². The zero-order valence-electron chi connectivity index (χ0n) is 4.63. The van der Waals surface area contributed by atoms with Gasteiger partial charge in [0.1, 0.15) is 7.85 Å². The van der Waals surface area contributed by atoms with Crippen LogP contribution in [0.4, 0.5) is 0 Å². The van der Waals surface area contributed by atoms with E-state index in [9.17, 15) is 0 Å². The Balaban J connectivity index is 3.03. The summed E-state index contributed by atoms with van der Waals surface area (Å²) in [7, 11) is 1.92. The van der Waals surface area contributed by atoms with Gasteiger partial charge >= 0.3 is 0 Å². The molecule has 0 saturated carbocycles. The summed E-state index contributed by atoms with van der Waals surface area (Å²) in [6.45, 7) is 0. The second-order valence-corrected chi connectivity index (χ2v) is 1.69. The van der Waals surface area contributed by atoms with E-state index in [2.05, 4.69) is 4.98 Å². The molecule has 0 amide bonds. The third-order valence-corrected chi connectivity index (χ3v) is 0.896. The molecule has 0 unspecified atom stereocenters. The second-order valence-electron chi connectivity index (χ2n) is 1.69. The standard InChI is InChI=1S/C5H6BNO/c6-4-1-2-5(8)7-3-4/h1-3H,6H2,(H,7,8). The lowest BCUT2D eigenvalue weighted by Gasteiger charge is -1.88. The summed E-state index contributed by atoms with van der Waals surface area (Å²) in [5.74, 6) is 0.0793. The van der Waals surface area contributed by atoms with E-state index in [4.69, 9.17) is 5.11 Å². The molecule has 0 spiro atoms. The summed E-state index contributed by atoms with van der Waals surface area (Å²) >= 11 is 0. The fourth-order valence-corrected chi connectivity index (χ4v) is 0.460. The van der Waals surface area contributed by atoms with Gasteiger partial charge in [0.05, 0.1) is 0 Å². The van der Waals surface area contributed by atoms with E-state index in [0.717, 1.165) is 5.46 Å². The molecule has 1 aromatic heterocycles. The van der Waals surface area contributed by atoms with Gasteiger partial charge in [-0.25, -0.2) is 4.98 Å². The number of hydrogen-bond donors (Lipinski definition) is 1. The Morgan fingerprint density at radius 2 is 2.25 bits per heavy atom. The molecule has 3 heteroatoms. The Labute approximate surface area is 48.6 Å². The van der Waals surface area contributed by atoms with E-state index in [1.165, 1.54) is 0 Å². The van der Waals surface area contributed by atoms with Crippen molar-refractivity contribution in [3.05, 3.63) is 18.3 Å². The van der Waals surface area contributed by atoms with Crippen LogP contribution in [0.5, 0.6) is 5.88 Å². The minimum Gasteiger partial charge on any atom is -0.493 e. The Bertz CT molecular complexity index is 151. The summed E-state index contributed by atoms with van der Waals surface area (Å²) in [5, 5.41) is 8.65. The molecule has 1 N–H and O–H groups in total. The molecular weight excluding hydrogens is 101 g/mol. The average Bonchev–Trinajstić information content (AvgIpc) is 1.77. The van der Waals surface area contributed by atoms with Crippen molar-refractivity contribution in [2.24, 2.45) is 0 Å². The van der Waals surface area contributed by atoms with Gasteiger partial charge in [0, 0.05) is 6.20 Å². The van der Waals surface area contributed by atoms with Gasteiger partial charge in [0.2, 0.25) is 5.88 Å². The zero-order valence-corrected chi connectivity index (χ0v) is 4.63. The summed E-state index contributed by atoms with van der Waals surface area (Å²) in [6.07, 6.45) is 1.62. The topological polar surface area (TPSA) is 33.1 Å². The maximum Gasteiger partial charge on any atom is 0.210 e. The van der Waals surface area contributed by atoms with Gasteiger partial charge in [-0.2, -0.15) is 0 Å². The molecule has 8 heavy (non-hydrogen) atoms. The molecule has 0 radical (unpaired) electrons. The molecular formula is C5H6BNO. The first kappa shape index (κ1) is 5.16. The molecule has 0 bridgehead atoms. The first-order valence-electron chi connectivity index (χ1n) is 2.40. The van der Waals surface area contributed by atoms with Gasteiger partial charge in [-0.05, 0) is 6.07 Å². The minimum absolute atomic E-state index is 0.0793. The lowest BCUT2D eigenvalue weighted by atomic mass is 9.99. The average molecular weight is 107 g/mol. The third-order valence-electron chi connectivity index (χ3n) is 0.896. The van der Waals surface area contributed by atoms with Crippen LogP contribution in [0.2, 0.25) is 0 Å². The molecule has 0 atom stereocenters. The second kappa shape index (κ2) is 1.86. The molecule has 2 nitrogen and oxygen atoms in total. The number of hydrogen-bond acceptors (Lipinski definition) is 2. The van der Waals surface area contributed by atoms with E-state index in [0.29, 0.717) is 0 Å². The van der Waals surface area contributed by atoms with Crippen LogP contribution in [0.25, 0.3) is 0 Å². The van der Waals surface area contributed by atoms with Crippen LogP contribution in [-0.4, -0.2) is 17.9 Å². The van der Waals surface area contributed by atoms with Crippen molar-refractivity contribution in [1.82, 2.24) is 4.98 Å². The van der Waals surface area contributed by atoms with E-state index in [1.807, 2.05) is 13.9 Å². The Morgan fingerprint density at radius 1 is 1.50 bits per heavy atom. The minimum atomic E-state index is 0.0793. The molecule has 0 aliphatic heterocycles. The molecule has 0 saturated heterocycles. The molecule has 1 rings (SSSR count). The maximum absolute atomic E-state index is 8.65. The summed E-state index contributed by atoms with van der Waals surface area (Å²) in [4.78, 5) is 3.63. The van der Waals surface area contributed by atoms with Gasteiger partial charge in [-0.1, -0.05) is 11.5 Å². The van der Waals surface area contributed by atoms with E-state index < -0.39 is 0 Å². The lowest BCUT2D eigenvalue weighted by Crippen LogP contribution is -2.00. The van der Waals surface area contributed by atoms with Crippen molar-refractivity contribution in [3.8, 4) is 5.88 Å². The summed E-state index contributed by atoms with van der Waals surface area (Å²) in [6, 6.07) is 3.37. The number of aromatic nitrogens is 1. The molecule has 0 fully saturated rings. The van der Waals surface area contributed by atoms with E-state index in [1.54, 1.807) is 12.3 Å². The molecule has 0 aromatic carbocycles. The highest BCUT2D eigenvalue weighted by molar-refractivity contribution is 6.32. The molecule has 1 aromatic rings. The Morgan fingerprint density at radius 3 is 2.62 bits per heavy atom. The number of pyridine rings is 1. The quantitative estimate of drug-likeness (QED) is 0.433.